The SMILES string of the molecule is COC(=O)c1cc(C(O)CNC(CC(C)C)n2ccnc2)ccc1OCc1ccccc1. The minimum Gasteiger partial charge on any atom is -0.488 e. The van der Waals surface area contributed by atoms with Crippen LogP contribution in [0.3, 0.4) is 0 Å². The molecule has 2 aromatic carbocycles. The maximum atomic E-state index is 12.4. The van der Waals surface area contributed by atoms with Gasteiger partial charge in [0.25, 0.3) is 0 Å². The third-order valence-corrected chi connectivity index (χ3v) is 5.16. The molecule has 0 aliphatic carbocycles. The molecule has 170 valence electrons. The van der Waals surface area contributed by atoms with Crippen molar-refractivity contribution in [2.24, 2.45) is 5.92 Å². The molecule has 0 amide bonds. The van der Waals surface area contributed by atoms with Gasteiger partial charge in [-0.05, 0) is 35.6 Å². The molecule has 3 aromatic rings. The number of carbonyl (C=O) groups excluding carboxylic acids is 1. The van der Waals surface area contributed by atoms with Gasteiger partial charge in [0.2, 0.25) is 0 Å². The third-order valence-electron chi connectivity index (χ3n) is 5.16. The van der Waals surface area contributed by atoms with Crippen molar-refractivity contribution in [2.75, 3.05) is 13.7 Å². The number of aliphatic hydroxyl groups excluding tert-OH is 1. The summed E-state index contributed by atoms with van der Waals surface area (Å²) in [5, 5.41) is 14.2. The van der Waals surface area contributed by atoms with Gasteiger partial charge in [0.1, 0.15) is 17.9 Å². The molecule has 0 aliphatic heterocycles. The lowest BCUT2D eigenvalue weighted by Crippen LogP contribution is -2.31. The first-order valence-corrected chi connectivity index (χ1v) is 10.8. The van der Waals surface area contributed by atoms with E-state index < -0.39 is 12.1 Å². The zero-order valence-corrected chi connectivity index (χ0v) is 18.8. The Kier molecular flexibility index (Phi) is 8.41. The normalized spacial score (nSPS) is 13.0. The van der Waals surface area contributed by atoms with Gasteiger partial charge >= 0.3 is 5.97 Å². The molecule has 0 radical (unpaired) electrons. The second-order valence-electron chi connectivity index (χ2n) is 8.10. The zero-order valence-electron chi connectivity index (χ0n) is 18.8. The molecular weight excluding hydrogens is 406 g/mol. The fourth-order valence-electron chi connectivity index (χ4n) is 3.46. The van der Waals surface area contributed by atoms with Gasteiger partial charge in [-0.15, -0.1) is 0 Å². The maximum Gasteiger partial charge on any atom is 0.341 e. The first-order valence-electron chi connectivity index (χ1n) is 10.8. The number of aromatic nitrogens is 2. The van der Waals surface area contributed by atoms with Crippen molar-refractivity contribution in [1.29, 1.82) is 0 Å². The Morgan fingerprint density at radius 3 is 2.62 bits per heavy atom. The van der Waals surface area contributed by atoms with E-state index in [4.69, 9.17) is 9.47 Å². The molecule has 3 rings (SSSR count). The largest absolute Gasteiger partial charge is 0.488 e. The molecule has 7 heteroatoms. The summed E-state index contributed by atoms with van der Waals surface area (Å²) in [5.74, 6) is 0.380. The van der Waals surface area contributed by atoms with E-state index in [-0.39, 0.29) is 11.7 Å². The minimum atomic E-state index is -0.806. The van der Waals surface area contributed by atoms with Crippen LogP contribution in [0.15, 0.2) is 67.3 Å². The van der Waals surface area contributed by atoms with Crippen molar-refractivity contribution in [3.8, 4) is 5.75 Å². The van der Waals surface area contributed by atoms with Crippen molar-refractivity contribution in [1.82, 2.24) is 14.9 Å². The number of nitrogens with zero attached hydrogens (tertiary/aromatic N) is 2. The van der Waals surface area contributed by atoms with Gasteiger partial charge in [0.05, 0.1) is 25.7 Å². The number of methoxy groups -OCH3 is 1. The quantitative estimate of drug-likeness (QED) is 0.439. The maximum absolute atomic E-state index is 12.4. The second-order valence-corrected chi connectivity index (χ2v) is 8.10. The molecule has 1 heterocycles. The third kappa shape index (κ3) is 6.42. The predicted octanol–water partition coefficient (Wildman–Crippen LogP) is 4.12. The van der Waals surface area contributed by atoms with Gasteiger partial charge in [0.15, 0.2) is 0 Å². The highest BCUT2D eigenvalue weighted by molar-refractivity contribution is 5.92. The Balaban J connectivity index is 1.71. The standard InChI is InChI=1S/C25H31N3O4/c1-18(2)13-24(28-12-11-26-17-28)27-15-22(29)20-9-10-23(21(14-20)25(30)31-3)32-16-19-7-5-4-6-8-19/h4-12,14,17-18,22,24,27,29H,13,15-16H2,1-3H3. The molecule has 2 unspecified atom stereocenters. The molecule has 0 saturated heterocycles. The van der Waals surface area contributed by atoms with Crippen LogP contribution >= 0.6 is 0 Å². The predicted molar refractivity (Wildman–Crippen MR) is 122 cm³/mol. The zero-order chi connectivity index (χ0) is 22.9. The summed E-state index contributed by atoms with van der Waals surface area (Å²) in [5.41, 5.74) is 1.89. The average molecular weight is 438 g/mol. The van der Waals surface area contributed by atoms with Crippen LogP contribution in [0, 0.1) is 5.92 Å². The molecule has 7 nitrogen and oxygen atoms in total. The first-order chi connectivity index (χ1) is 15.5. The Morgan fingerprint density at radius 2 is 1.97 bits per heavy atom. The van der Waals surface area contributed by atoms with Gasteiger partial charge in [-0.3, -0.25) is 5.32 Å². The van der Waals surface area contributed by atoms with Crippen LogP contribution in [-0.2, 0) is 11.3 Å². The number of nitrogens with one attached hydrogen (secondary N) is 1. The summed E-state index contributed by atoms with van der Waals surface area (Å²) < 4.78 is 12.8. The van der Waals surface area contributed by atoms with E-state index in [0.717, 1.165) is 12.0 Å². The number of imidazole rings is 1. The van der Waals surface area contributed by atoms with Crippen molar-refractivity contribution in [2.45, 2.75) is 39.1 Å². The molecule has 0 aliphatic rings. The molecule has 2 N–H and O–H groups in total. The molecular formula is C25H31N3O4. The van der Waals surface area contributed by atoms with E-state index in [1.807, 2.05) is 41.1 Å². The Morgan fingerprint density at radius 1 is 1.19 bits per heavy atom. The minimum absolute atomic E-state index is 0.0145. The number of benzene rings is 2. The van der Waals surface area contributed by atoms with Crippen LogP contribution in [-0.4, -0.2) is 34.3 Å². The van der Waals surface area contributed by atoms with E-state index in [1.54, 1.807) is 30.7 Å². The van der Waals surface area contributed by atoms with E-state index >= 15 is 0 Å². The number of esters is 1. The molecule has 0 fully saturated rings. The van der Waals surface area contributed by atoms with E-state index in [0.29, 0.717) is 30.4 Å². The second kappa shape index (κ2) is 11.5. The highest BCUT2D eigenvalue weighted by Gasteiger charge is 2.19. The lowest BCUT2D eigenvalue weighted by molar-refractivity contribution is 0.0595. The lowest BCUT2D eigenvalue weighted by atomic mass is 10.0. The number of aliphatic hydroxyl groups is 1. The summed E-state index contributed by atoms with van der Waals surface area (Å²) in [7, 11) is 1.33. The van der Waals surface area contributed by atoms with Gasteiger partial charge in [-0.1, -0.05) is 50.2 Å². The number of ether oxygens (including phenoxy) is 2. The van der Waals surface area contributed by atoms with Crippen LogP contribution in [0.4, 0.5) is 0 Å². The van der Waals surface area contributed by atoms with Crippen LogP contribution in [0.2, 0.25) is 0 Å². The average Bonchev–Trinajstić information content (AvgIpc) is 3.35. The number of carbonyl (C=O) groups is 1. The van der Waals surface area contributed by atoms with Crippen LogP contribution in [0.5, 0.6) is 5.75 Å². The summed E-state index contributed by atoms with van der Waals surface area (Å²) in [6, 6.07) is 14.8. The molecule has 2 atom stereocenters. The summed E-state index contributed by atoms with van der Waals surface area (Å²) in [4.78, 5) is 16.5. The van der Waals surface area contributed by atoms with Crippen molar-refractivity contribution >= 4 is 5.97 Å². The molecule has 0 spiro atoms. The number of hydrogen-bond donors (Lipinski definition) is 2. The van der Waals surface area contributed by atoms with E-state index in [2.05, 4.69) is 24.1 Å². The Labute approximate surface area is 189 Å². The van der Waals surface area contributed by atoms with Gasteiger partial charge < -0.3 is 19.1 Å². The molecule has 1 aromatic heterocycles. The fourth-order valence-corrected chi connectivity index (χ4v) is 3.46. The van der Waals surface area contributed by atoms with Crippen LogP contribution in [0.25, 0.3) is 0 Å². The molecule has 32 heavy (non-hydrogen) atoms. The van der Waals surface area contributed by atoms with Gasteiger partial charge in [-0.25, -0.2) is 9.78 Å². The van der Waals surface area contributed by atoms with Crippen molar-refractivity contribution < 1.29 is 19.4 Å². The first kappa shape index (κ1) is 23.5. The van der Waals surface area contributed by atoms with E-state index in [1.165, 1.54) is 7.11 Å². The Bertz CT molecular complexity index is 974. The van der Waals surface area contributed by atoms with Gasteiger partial charge in [0, 0.05) is 18.9 Å². The smallest absolute Gasteiger partial charge is 0.341 e. The fraction of sp³-hybridized carbons (Fsp3) is 0.360. The topological polar surface area (TPSA) is 85.6 Å². The monoisotopic (exact) mass is 437 g/mol. The molecule has 0 saturated carbocycles. The Hall–Kier alpha value is -3.16. The summed E-state index contributed by atoms with van der Waals surface area (Å²) in [6.07, 6.45) is 5.51. The van der Waals surface area contributed by atoms with Crippen LogP contribution < -0.4 is 10.1 Å². The van der Waals surface area contributed by atoms with Crippen molar-refractivity contribution in [3.63, 3.8) is 0 Å². The number of hydrogen-bond acceptors (Lipinski definition) is 6. The number of rotatable bonds is 11. The summed E-state index contributed by atoms with van der Waals surface area (Å²) >= 11 is 0. The highest BCUT2D eigenvalue weighted by atomic mass is 16.5. The van der Waals surface area contributed by atoms with Crippen LogP contribution in [0.1, 0.15) is 54.0 Å². The van der Waals surface area contributed by atoms with Gasteiger partial charge in [-0.2, -0.15) is 0 Å². The van der Waals surface area contributed by atoms with Crippen molar-refractivity contribution in [3.05, 3.63) is 83.9 Å². The summed E-state index contributed by atoms with van der Waals surface area (Å²) in [6.45, 7) is 4.95. The van der Waals surface area contributed by atoms with E-state index in [9.17, 15) is 9.90 Å². The highest BCUT2D eigenvalue weighted by Crippen LogP contribution is 2.26. The lowest BCUT2D eigenvalue weighted by Gasteiger charge is -2.24. The molecule has 0 bridgehead atoms.